The van der Waals surface area contributed by atoms with Crippen LogP contribution < -0.4 is 4.74 Å². The SMILES string of the molecule is CCCc1ccc(Oc2ccc(Br)cc2CBr)cc1. The third kappa shape index (κ3) is 4.08. The van der Waals surface area contributed by atoms with Crippen molar-refractivity contribution in [1.82, 2.24) is 0 Å². The summed E-state index contributed by atoms with van der Waals surface area (Å²) in [7, 11) is 0. The molecule has 0 spiro atoms. The molecule has 0 heterocycles. The Morgan fingerprint density at radius 3 is 2.42 bits per heavy atom. The molecule has 0 aliphatic heterocycles. The Labute approximate surface area is 131 Å². The van der Waals surface area contributed by atoms with Gasteiger partial charge in [-0.1, -0.05) is 57.3 Å². The van der Waals surface area contributed by atoms with Gasteiger partial charge in [0.15, 0.2) is 0 Å². The van der Waals surface area contributed by atoms with Crippen molar-refractivity contribution in [3.63, 3.8) is 0 Å². The highest BCUT2D eigenvalue weighted by atomic mass is 79.9. The van der Waals surface area contributed by atoms with Crippen LogP contribution in [0.25, 0.3) is 0 Å². The first-order chi connectivity index (χ1) is 9.22. The van der Waals surface area contributed by atoms with Crippen LogP contribution in [-0.2, 0) is 11.8 Å². The number of hydrogen-bond donors (Lipinski definition) is 0. The van der Waals surface area contributed by atoms with Gasteiger partial charge in [0.1, 0.15) is 11.5 Å². The highest BCUT2D eigenvalue weighted by Gasteiger charge is 2.05. The lowest BCUT2D eigenvalue weighted by atomic mass is 10.1. The summed E-state index contributed by atoms with van der Waals surface area (Å²) in [6.45, 7) is 2.19. The van der Waals surface area contributed by atoms with Crippen molar-refractivity contribution in [2.75, 3.05) is 0 Å². The number of rotatable bonds is 5. The highest BCUT2D eigenvalue weighted by Crippen LogP contribution is 2.29. The predicted molar refractivity (Wildman–Crippen MR) is 87.3 cm³/mol. The molecular weight excluding hydrogens is 368 g/mol. The molecule has 100 valence electrons. The molecule has 0 N–H and O–H groups in total. The Hall–Kier alpha value is -0.800. The summed E-state index contributed by atoms with van der Waals surface area (Å²) in [6.07, 6.45) is 2.28. The highest BCUT2D eigenvalue weighted by molar-refractivity contribution is 9.10. The van der Waals surface area contributed by atoms with Crippen molar-refractivity contribution in [2.24, 2.45) is 0 Å². The van der Waals surface area contributed by atoms with Crippen molar-refractivity contribution in [3.8, 4) is 11.5 Å². The molecule has 0 saturated heterocycles. The van der Waals surface area contributed by atoms with E-state index in [2.05, 4.69) is 57.0 Å². The maximum absolute atomic E-state index is 5.94. The second-order valence-corrected chi connectivity index (χ2v) is 5.86. The average molecular weight is 384 g/mol. The van der Waals surface area contributed by atoms with Crippen molar-refractivity contribution in [3.05, 3.63) is 58.1 Å². The summed E-state index contributed by atoms with van der Waals surface area (Å²) in [4.78, 5) is 0. The Morgan fingerprint density at radius 1 is 1.05 bits per heavy atom. The zero-order valence-electron chi connectivity index (χ0n) is 10.8. The van der Waals surface area contributed by atoms with Crippen molar-refractivity contribution in [1.29, 1.82) is 0 Å². The van der Waals surface area contributed by atoms with E-state index in [0.29, 0.717) is 0 Å². The second kappa shape index (κ2) is 7.11. The minimum atomic E-state index is 0.774. The van der Waals surface area contributed by atoms with E-state index in [-0.39, 0.29) is 0 Å². The summed E-state index contributed by atoms with van der Waals surface area (Å²) >= 11 is 6.96. The van der Waals surface area contributed by atoms with Crippen molar-refractivity contribution < 1.29 is 4.74 Å². The summed E-state index contributed by atoms with van der Waals surface area (Å²) in [5, 5.41) is 0.774. The molecule has 0 radical (unpaired) electrons. The third-order valence-electron chi connectivity index (χ3n) is 2.86. The van der Waals surface area contributed by atoms with Crippen LogP contribution in [0.4, 0.5) is 0 Å². The zero-order valence-corrected chi connectivity index (χ0v) is 14.0. The van der Waals surface area contributed by atoms with Gasteiger partial charge in [-0.2, -0.15) is 0 Å². The number of hydrogen-bond acceptors (Lipinski definition) is 1. The maximum atomic E-state index is 5.94. The quantitative estimate of drug-likeness (QED) is 0.567. The van der Waals surface area contributed by atoms with Crippen molar-refractivity contribution >= 4 is 31.9 Å². The lowest BCUT2D eigenvalue weighted by Gasteiger charge is -2.10. The molecule has 19 heavy (non-hydrogen) atoms. The van der Waals surface area contributed by atoms with Gasteiger partial charge >= 0.3 is 0 Å². The van der Waals surface area contributed by atoms with E-state index < -0.39 is 0 Å². The van der Waals surface area contributed by atoms with E-state index >= 15 is 0 Å². The van der Waals surface area contributed by atoms with Gasteiger partial charge in [0.05, 0.1) is 0 Å². The molecule has 3 heteroatoms. The van der Waals surface area contributed by atoms with Gasteiger partial charge in [0, 0.05) is 15.4 Å². The average Bonchev–Trinajstić information content (AvgIpc) is 2.43. The number of alkyl halides is 1. The van der Waals surface area contributed by atoms with Gasteiger partial charge in [-0.25, -0.2) is 0 Å². The third-order valence-corrected chi connectivity index (χ3v) is 3.95. The van der Waals surface area contributed by atoms with Crippen LogP contribution in [-0.4, -0.2) is 0 Å². The lowest BCUT2D eigenvalue weighted by molar-refractivity contribution is 0.478. The molecule has 0 atom stereocenters. The Kier molecular flexibility index (Phi) is 5.46. The van der Waals surface area contributed by atoms with E-state index in [4.69, 9.17) is 4.74 Å². The van der Waals surface area contributed by atoms with Crippen molar-refractivity contribution in [2.45, 2.75) is 25.1 Å². The van der Waals surface area contributed by atoms with Crippen LogP contribution in [0.1, 0.15) is 24.5 Å². The summed E-state index contributed by atoms with van der Waals surface area (Å²) in [5.41, 5.74) is 2.48. The zero-order chi connectivity index (χ0) is 13.7. The van der Waals surface area contributed by atoms with E-state index in [9.17, 15) is 0 Å². The second-order valence-electron chi connectivity index (χ2n) is 4.38. The maximum Gasteiger partial charge on any atom is 0.131 e. The molecule has 0 saturated carbocycles. The fraction of sp³-hybridized carbons (Fsp3) is 0.250. The van der Waals surface area contributed by atoms with Gasteiger partial charge in [0.25, 0.3) is 0 Å². The molecule has 0 aromatic heterocycles. The monoisotopic (exact) mass is 382 g/mol. The molecule has 0 unspecified atom stereocenters. The van der Waals surface area contributed by atoms with E-state index in [1.165, 1.54) is 12.0 Å². The molecule has 1 nitrogen and oxygen atoms in total. The molecule has 2 aromatic rings. The van der Waals surface area contributed by atoms with E-state index in [1.54, 1.807) is 0 Å². The fourth-order valence-electron chi connectivity index (χ4n) is 1.89. The van der Waals surface area contributed by atoms with Gasteiger partial charge in [0.2, 0.25) is 0 Å². The summed E-state index contributed by atoms with van der Waals surface area (Å²) in [6, 6.07) is 14.4. The van der Waals surface area contributed by atoms with Crippen LogP contribution in [0.15, 0.2) is 46.9 Å². The van der Waals surface area contributed by atoms with Gasteiger partial charge in [-0.05, 0) is 42.3 Å². The molecule has 0 amide bonds. The predicted octanol–water partition coefficient (Wildman–Crippen LogP) is 6.09. The minimum absolute atomic E-state index is 0.774. The Balaban J connectivity index is 2.16. The Bertz CT molecular complexity index is 535. The number of ether oxygens (including phenoxy) is 1. The van der Waals surface area contributed by atoms with Crippen LogP contribution in [0, 0.1) is 0 Å². The first-order valence-electron chi connectivity index (χ1n) is 6.34. The van der Waals surface area contributed by atoms with E-state index in [1.807, 2.05) is 24.3 Å². The standard InChI is InChI=1S/C16H16Br2O/c1-2-3-12-4-7-15(8-5-12)19-16-9-6-14(18)10-13(16)11-17/h4-10H,2-3,11H2,1H3. The molecule has 2 rings (SSSR count). The first-order valence-corrected chi connectivity index (χ1v) is 8.25. The summed E-state index contributed by atoms with van der Waals surface area (Å²) < 4.78 is 7.00. The summed E-state index contributed by atoms with van der Waals surface area (Å²) in [5.74, 6) is 1.77. The van der Waals surface area contributed by atoms with Gasteiger partial charge in [-0.3, -0.25) is 0 Å². The number of aryl methyl sites for hydroxylation is 1. The molecule has 0 aliphatic rings. The van der Waals surface area contributed by atoms with Gasteiger partial charge in [-0.15, -0.1) is 0 Å². The van der Waals surface area contributed by atoms with Crippen LogP contribution in [0.3, 0.4) is 0 Å². The lowest BCUT2D eigenvalue weighted by Crippen LogP contribution is -1.90. The largest absolute Gasteiger partial charge is 0.457 e. The minimum Gasteiger partial charge on any atom is -0.457 e. The van der Waals surface area contributed by atoms with Crippen LogP contribution in [0.5, 0.6) is 11.5 Å². The molecule has 0 bridgehead atoms. The normalized spacial score (nSPS) is 10.5. The Morgan fingerprint density at radius 2 is 1.79 bits per heavy atom. The number of halogens is 2. The van der Waals surface area contributed by atoms with Crippen LogP contribution >= 0.6 is 31.9 Å². The molecule has 0 fully saturated rings. The van der Waals surface area contributed by atoms with Crippen LogP contribution in [0.2, 0.25) is 0 Å². The number of benzene rings is 2. The van der Waals surface area contributed by atoms with Gasteiger partial charge < -0.3 is 4.74 Å². The first kappa shape index (κ1) is 14.6. The van der Waals surface area contributed by atoms with E-state index in [0.717, 1.165) is 33.3 Å². The molecule has 2 aromatic carbocycles. The molecule has 0 aliphatic carbocycles. The topological polar surface area (TPSA) is 9.23 Å². The smallest absolute Gasteiger partial charge is 0.131 e. The molecular formula is C16H16Br2O. The fourth-order valence-corrected chi connectivity index (χ4v) is 2.74.